The fraction of sp³-hybridized carbons (Fsp3) is 0.348. The van der Waals surface area contributed by atoms with Crippen LogP contribution in [0.3, 0.4) is 0 Å². The van der Waals surface area contributed by atoms with E-state index >= 15 is 0 Å². The SMILES string of the molecule is CCCN(C(=O)c1ccc(N2CCCC2=O)cc1)C(C)C(=O)Nc1ccccc1. The first-order valence-electron chi connectivity index (χ1n) is 10.1. The van der Waals surface area contributed by atoms with Gasteiger partial charge >= 0.3 is 0 Å². The summed E-state index contributed by atoms with van der Waals surface area (Å²) >= 11 is 0. The Hall–Kier alpha value is -3.15. The maximum Gasteiger partial charge on any atom is 0.254 e. The number of carbonyl (C=O) groups excluding carboxylic acids is 3. The van der Waals surface area contributed by atoms with Crippen molar-refractivity contribution < 1.29 is 14.4 Å². The summed E-state index contributed by atoms with van der Waals surface area (Å²) in [5.41, 5.74) is 2.02. The highest BCUT2D eigenvalue weighted by atomic mass is 16.2. The Morgan fingerprint density at radius 3 is 2.38 bits per heavy atom. The maximum absolute atomic E-state index is 13.1. The van der Waals surface area contributed by atoms with Gasteiger partial charge in [0.25, 0.3) is 5.91 Å². The molecule has 0 bridgehead atoms. The Morgan fingerprint density at radius 2 is 1.79 bits per heavy atom. The lowest BCUT2D eigenvalue weighted by Crippen LogP contribution is -2.46. The molecule has 6 nitrogen and oxygen atoms in total. The number of hydrogen-bond donors (Lipinski definition) is 1. The van der Waals surface area contributed by atoms with Crippen LogP contribution in [0, 0.1) is 0 Å². The van der Waals surface area contributed by atoms with Gasteiger partial charge < -0.3 is 15.1 Å². The van der Waals surface area contributed by atoms with Crippen molar-refractivity contribution in [1.29, 1.82) is 0 Å². The van der Waals surface area contributed by atoms with Gasteiger partial charge in [0, 0.05) is 36.4 Å². The number of nitrogens with one attached hydrogen (secondary N) is 1. The van der Waals surface area contributed by atoms with Crippen LogP contribution in [0.5, 0.6) is 0 Å². The van der Waals surface area contributed by atoms with Crippen molar-refractivity contribution in [1.82, 2.24) is 4.90 Å². The molecule has 1 unspecified atom stereocenters. The minimum absolute atomic E-state index is 0.114. The number of rotatable bonds is 7. The molecule has 3 amide bonds. The van der Waals surface area contributed by atoms with Gasteiger partial charge in [-0.25, -0.2) is 0 Å². The first-order chi connectivity index (χ1) is 14.0. The molecular formula is C23H27N3O3. The molecule has 0 spiro atoms. The van der Waals surface area contributed by atoms with Gasteiger partial charge in [0.1, 0.15) is 6.04 Å². The Morgan fingerprint density at radius 1 is 1.10 bits per heavy atom. The van der Waals surface area contributed by atoms with Gasteiger partial charge in [-0.1, -0.05) is 25.1 Å². The lowest BCUT2D eigenvalue weighted by Gasteiger charge is -2.28. The molecule has 2 aromatic carbocycles. The Kier molecular flexibility index (Phi) is 6.65. The second-order valence-corrected chi connectivity index (χ2v) is 7.23. The van der Waals surface area contributed by atoms with Crippen molar-refractivity contribution in [2.24, 2.45) is 0 Å². The molecule has 2 aromatic rings. The molecule has 1 fully saturated rings. The predicted octanol–water partition coefficient (Wildman–Crippen LogP) is 3.69. The standard InChI is InChI=1S/C23H27N3O3/c1-3-15-25(17(2)22(28)24-19-8-5-4-6-9-19)23(29)18-11-13-20(14-12-18)26-16-7-10-21(26)27/h4-6,8-9,11-14,17H,3,7,10,15-16H2,1-2H3,(H,24,28). The number of amides is 3. The average molecular weight is 393 g/mol. The molecule has 1 aliphatic heterocycles. The van der Waals surface area contributed by atoms with Gasteiger partial charge in [-0.2, -0.15) is 0 Å². The van der Waals surface area contributed by atoms with Crippen LogP contribution in [-0.4, -0.2) is 41.8 Å². The molecule has 1 heterocycles. The molecule has 0 aromatic heterocycles. The fourth-order valence-electron chi connectivity index (χ4n) is 3.49. The fourth-order valence-corrected chi connectivity index (χ4v) is 3.49. The van der Waals surface area contributed by atoms with Crippen LogP contribution in [0.15, 0.2) is 54.6 Å². The van der Waals surface area contributed by atoms with Gasteiger partial charge in [-0.15, -0.1) is 0 Å². The summed E-state index contributed by atoms with van der Waals surface area (Å²) in [7, 11) is 0. The van der Waals surface area contributed by atoms with E-state index < -0.39 is 6.04 Å². The molecule has 0 saturated carbocycles. The van der Waals surface area contributed by atoms with E-state index in [0.717, 1.165) is 18.5 Å². The molecule has 3 rings (SSSR count). The second-order valence-electron chi connectivity index (χ2n) is 7.23. The highest BCUT2D eigenvalue weighted by Gasteiger charge is 2.27. The topological polar surface area (TPSA) is 69.7 Å². The molecule has 1 atom stereocenters. The van der Waals surface area contributed by atoms with E-state index in [0.29, 0.717) is 30.8 Å². The third-order valence-electron chi connectivity index (χ3n) is 5.11. The van der Waals surface area contributed by atoms with Crippen molar-refractivity contribution >= 4 is 29.1 Å². The molecule has 6 heteroatoms. The largest absolute Gasteiger partial charge is 0.327 e. The summed E-state index contributed by atoms with van der Waals surface area (Å²) in [6.45, 7) is 4.91. The normalized spacial score (nSPS) is 14.6. The molecule has 152 valence electrons. The number of nitrogens with zero attached hydrogens (tertiary/aromatic N) is 2. The number of para-hydroxylation sites is 1. The average Bonchev–Trinajstić information content (AvgIpc) is 3.17. The van der Waals surface area contributed by atoms with Crippen LogP contribution >= 0.6 is 0 Å². The number of anilines is 2. The van der Waals surface area contributed by atoms with E-state index in [2.05, 4.69) is 5.32 Å². The highest BCUT2D eigenvalue weighted by molar-refractivity contribution is 6.01. The van der Waals surface area contributed by atoms with Crippen LogP contribution in [0.1, 0.15) is 43.5 Å². The molecule has 0 radical (unpaired) electrons. The first-order valence-corrected chi connectivity index (χ1v) is 10.1. The summed E-state index contributed by atoms with van der Waals surface area (Å²) in [5, 5.41) is 2.86. The molecule has 1 saturated heterocycles. The second kappa shape index (κ2) is 9.37. The van der Waals surface area contributed by atoms with Crippen LogP contribution in [0.2, 0.25) is 0 Å². The predicted molar refractivity (Wildman–Crippen MR) is 114 cm³/mol. The smallest absolute Gasteiger partial charge is 0.254 e. The van der Waals surface area contributed by atoms with Gasteiger partial charge in [-0.05, 0) is 56.2 Å². The molecular weight excluding hydrogens is 366 g/mol. The van der Waals surface area contributed by atoms with E-state index in [4.69, 9.17) is 0 Å². The summed E-state index contributed by atoms with van der Waals surface area (Å²) in [4.78, 5) is 41.0. The summed E-state index contributed by atoms with van der Waals surface area (Å²) in [5.74, 6) is -0.304. The minimum Gasteiger partial charge on any atom is -0.327 e. The number of benzene rings is 2. The lowest BCUT2D eigenvalue weighted by molar-refractivity contribution is -0.120. The van der Waals surface area contributed by atoms with E-state index in [1.165, 1.54) is 0 Å². The van der Waals surface area contributed by atoms with Crippen LogP contribution in [0.4, 0.5) is 11.4 Å². The summed E-state index contributed by atoms with van der Waals surface area (Å²) in [6, 6.07) is 15.7. The minimum atomic E-state index is -0.609. The Balaban J connectivity index is 1.72. The van der Waals surface area contributed by atoms with E-state index in [-0.39, 0.29) is 17.7 Å². The monoisotopic (exact) mass is 393 g/mol. The van der Waals surface area contributed by atoms with Crippen LogP contribution in [0.25, 0.3) is 0 Å². The molecule has 1 aliphatic rings. The van der Waals surface area contributed by atoms with E-state index in [1.807, 2.05) is 37.3 Å². The van der Waals surface area contributed by atoms with Crippen molar-refractivity contribution in [3.8, 4) is 0 Å². The van der Waals surface area contributed by atoms with Crippen LogP contribution < -0.4 is 10.2 Å². The molecule has 1 N–H and O–H groups in total. The Bertz CT molecular complexity index is 865. The van der Waals surface area contributed by atoms with Gasteiger partial charge in [0.2, 0.25) is 11.8 Å². The van der Waals surface area contributed by atoms with Crippen molar-refractivity contribution in [2.45, 2.75) is 39.2 Å². The maximum atomic E-state index is 13.1. The molecule has 0 aliphatic carbocycles. The lowest BCUT2D eigenvalue weighted by atomic mass is 10.1. The van der Waals surface area contributed by atoms with Crippen LogP contribution in [-0.2, 0) is 9.59 Å². The molecule has 29 heavy (non-hydrogen) atoms. The quantitative estimate of drug-likeness (QED) is 0.780. The Labute approximate surface area is 171 Å². The summed E-state index contributed by atoms with van der Waals surface area (Å²) < 4.78 is 0. The van der Waals surface area contributed by atoms with E-state index in [1.54, 1.807) is 41.0 Å². The van der Waals surface area contributed by atoms with Crippen molar-refractivity contribution in [2.75, 3.05) is 23.3 Å². The number of carbonyl (C=O) groups is 3. The third-order valence-corrected chi connectivity index (χ3v) is 5.11. The highest BCUT2D eigenvalue weighted by Crippen LogP contribution is 2.22. The van der Waals surface area contributed by atoms with E-state index in [9.17, 15) is 14.4 Å². The third kappa shape index (κ3) is 4.83. The number of hydrogen-bond acceptors (Lipinski definition) is 3. The summed E-state index contributed by atoms with van der Waals surface area (Å²) in [6.07, 6.45) is 2.17. The van der Waals surface area contributed by atoms with Gasteiger partial charge in [0.05, 0.1) is 0 Å². The zero-order valence-electron chi connectivity index (χ0n) is 16.9. The zero-order chi connectivity index (χ0) is 20.8. The van der Waals surface area contributed by atoms with Crippen molar-refractivity contribution in [3.63, 3.8) is 0 Å². The first kappa shape index (κ1) is 20.6. The van der Waals surface area contributed by atoms with Crippen molar-refractivity contribution in [3.05, 3.63) is 60.2 Å². The zero-order valence-corrected chi connectivity index (χ0v) is 16.9. The van der Waals surface area contributed by atoms with Gasteiger partial charge in [0.15, 0.2) is 0 Å². The van der Waals surface area contributed by atoms with Gasteiger partial charge in [-0.3, -0.25) is 14.4 Å².